The van der Waals surface area contributed by atoms with E-state index >= 15 is 0 Å². The van der Waals surface area contributed by atoms with Gasteiger partial charge in [-0.2, -0.15) is 4.99 Å². The third-order valence-electron chi connectivity index (χ3n) is 1.97. The Morgan fingerprint density at radius 1 is 1.47 bits per heavy atom. The minimum absolute atomic E-state index is 0.00192. The number of rotatable bonds is 3. The molecule has 7 heteroatoms. The van der Waals surface area contributed by atoms with Gasteiger partial charge in [-0.05, 0) is 12.1 Å². The topological polar surface area (TPSA) is 90.2 Å². The lowest BCUT2D eigenvalue weighted by molar-refractivity contribution is 1.17. The molecule has 0 aliphatic carbocycles. The van der Waals surface area contributed by atoms with E-state index in [1.807, 2.05) is 17.5 Å². The molecule has 0 saturated carbocycles. The van der Waals surface area contributed by atoms with Gasteiger partial charge in [-0.25, -0.2) is 4.98 Å². The van der Waals surface area contributed by atoms with Crippen LogP contribution < -0.4 is 11.5 Å². The molecule has 0 aliphatic heterocycles. The Bertz CT molecular complexity index is 547. The summed E-state index contributed by atoms with van der Waals surface area (Å²) < 4.78 is 0. The fraction of sp³-hybridized carbons (Fsp3) is 0.100. The quantitative estimate of drug-likeness (QED) is 0.504. The Kier molecular flexibility index (Phi) is 3.55. The average molecular weight is 268 g/mol. The summed E-state index contributed by atoms with van der Waals surface area (Å²) in [5.74, 6) is 0.376. The van der Waals surface area contributed by atoms with Gasteiger partial charge in [-0.3, -0.25) is 4.98 Å². The number of hydrogen-bond acceptors (Lipinski definition) is 4. The zero-order valence-electron chi connectivity index (χ0n) is 8.80. The van der Waals surface area contributed by atoms with E-state index in [0.717, 1.165) is 17.0 Å². The number of aliphatic imine (C=N–C) groups is 1. The Labute approximate surface area is 107 Å². The van der Waals surface area contributed by atoms with Gasteiger partial charge in [0.25, 0.3) is 0 Å². The summed E-state index contributed by atoms with van der Waals surface area (Å²) >= 11 is 7.10. The van der Waals surface area contributed by atoms with Gasteiger partial charge in [-0.1, -0.05) is 0 Å². The van der Waals surface area contributed by atoms with Gasteiger partial charge in [0.05, 0.1) is 17.3 Å². The Hall–Kier alpha value is -1.66. The fourth-order valence-corrected chi connectivity index (χ4v) is 2.13. The molecule has 0 aromatic carbocycles. The molecule has 0 bridgehead atoms. The van der Waals surface area contributed by atoms with E-state index in [9.17, 15) is 0 Å². The lowest BCUT2D eigenvalue weighted by Gasteiger charge is -1.98. The number of alkyl halides is 1. The van der Waals surface area contributed by atoms with E-state index in [1.165, 1.54) is 11.3 Å². The molecule has 2 aromatic heterocycles. The van der Waals surface area contributed by atoms with Crippen molar-refractivity contribution in [3.63, 3.8) is 0 Å². The first-order valence-electron chi connectivity index (χ1n) is 4.75. The molecule has 2 rings (SSSR count). The minimum Gasteiger partial charge on any atom is -0.370 e. The van der Waals surface area contributed by atoms with Gasteiger partial charge in [0, 0.05) is 17.1 Å². The van der Waals surface area contributed by atoms with Crippen LogP contribution in [0.15, 0.2) is 28.7 Å². The zero-order chi connectivity index (χ0) is 12.3. The van der Waals surface area contributed by atoms with Gasteiger partial charge in [-0.15, -0.1) is 22.9 Å². The third kappa shape index (κ3) is 2.92. The van der Waals surface area contributed by atoms with E-state index < -0.39 is 0 Å². The highest BCUT2D eigenvalue weighted by Crippen LogP contribution is 2.26. The first kappa shape index (κ1) is 11.8. The average Bonchev–Trinajstić information content (AvgIpc) is 2.77. The summed E-state index contributed by atoms with van der Waals surface area (Å²) in [6, 6.07) is 3.76. The highest BCUT2D eigenvalue weighted by atomic mass is 35.5. The standard InChI is InChI=1S/C10H10ClN5S/c11-4-7-3-6(1-2-14-7)8-5-17-10(15-8)16-9(12)13/h1-3,5H,4H2,(H4,12,13,15,16). The summed E-state index contributed by atoms with van der Waals surface area (Å²) in [4.78, 5) is 12.3. The van der Waals surface area contributed by atoms with Crippen LogP contribution in [0.5, 0.6) is 0 Å². The van der Waals surface area contributed by atoms with Crippen molar-refractivity contribution in [1.82, 2.24) is 9.97 Å². The van der Waals surface area contributed by atoms with E-state index in [0.29, 0.717) is 11.0 Å². The van der Waals surface area contributed by atoms with E-state index in [1.54, 1.807) is 6.20 Å². The molecular formula is C10H10ClN5S. The molecule has 0 amide bonds. The number of nitrogens with two attached hydrogens (primary N) is 2. The maximum atomic E-state index is 5.73. The van der Waals surface area contributed by atoms with Crippen LogP contribution in [0.4, 0.5) is 5.13 Å². The second-order valence-electron chi connectivity index (χ2n) is 3.22. The maximum Gasteiger partial charge on any atom is 0.212 e. The van der Waals surface area contributed by atoms with Gasteiger partial charge in [0.2, 0.25) is 5.13 Å². The van der Waals surface area contributed by atoms with E-state index in [2.05, 4.69) is 15.0 Å². The zero-order valence-corrected chi connectivity index (χ0v) is 10.4. The van der Waals surface area contributed by atoms with E-state index in [-0.39, 0.29) is 5.96 Å². The predicted octanol–water partition coefficient (Wildman–Crippen LogP) is 1.85. The van der Waals surface area contributed by atoms with E-state index in [4.69, 9.17) is 23.1 Å². The molecule has 0 unspecified atom stereocenters. The summed E-state index contributed by atoms with van der Waals surface area (Å²) in [6.07, 6.45) is 1.70. The van der Waals surface area contributed by atoms with Crippen molar-refractivity contribution in [2.24, 2.45) is 16.5 Å². The van der Waals surface area contributed by atoms with Crippen molar-refractivity contribution < 1.29 is 0 Å². The van der Waals surface area contributed by atoms with Crippen LogP contribution in [0, 0.1) is 0 Å². The predicted molar refractivity (Wildman–Crippen MR) is 70.4 cm³/mol. The molecule has 88 valence electrons. The molecule has 0 fully saturated rings. The molecular weight excluding hydrogens is 258 g/mol. The molecule has 2 heterocycles. The van der Waals surface area contributed by atoms with Crippen molar-refractivity contribution in [3.8, 4) is 11.3 Å². The summed E-state index contributed by atoms with van der Waals surface area (Å²) in [5, 5.41) is 2.42. The lowest BCUT2D eigenvalue weighted by Crippen LogP contribution is -2.21. The monoisotopic (exact) mass is 267 g/mol. The highest BCUT2D eigenvalue weighted by Gasteiger charge is 2.05. The van der Waals surface area contributed by atoms with Crippen LogP contribution in [0.3, 0.4) is 0 Å². The fourth-order valence-electron chi connectivity index (χ4n) is 1.27. The normalized spacial score (nSPS) is 10.2. The van der Waals surface area contributed by atoms with Crippen molar-refractivity contribution in [2.45, 2.75) is 5.88 Å². The van der Waals surface area contributed by atoms with Crippen molar-refractivity contribution in [1.29, 1.82) is 0 Å². The first-order chi connectivity index (χ1) is 8.19. The molecule has 0 saturated heterocycles. The molecule has 17 heavy (non-hydrogen) atoms. The molecule has 4 N–H and O–H groups in total. The molecule has 0 radical (unpaired) electrons. The second-order valence-corrected chi connectivity index (χ2v) is 4.33. The Morgan fingerprint density at radius 2 is 2.29 bits per heavy atom. The van der Waals surface area contributed by atoms with Crippen molar-refractivity contribution >= 4 is 34.0 Å². The minimum atomic E-state index is 0.00192. The lowest BCUT2D eigenvalue weighted by atomic mass is 10.2. The largest absolute Gasteiger partial charge is 0.370 e. The van der Waals surface area contributed by atoms with Crippen LogP contribution in [0.2, 0.25) is 0 Å². The third-order valence-corrected chi connectivity index (χ3v) is 2.97. The van der Waals surface area contributed by atoms with Crippen molar-refractivity contribution in [2.75, 3.05) is 0 Å². The second kappa shape index (κ2) is 5.11. The number of halogens is 1. The van der Waals surface area contributed by atoms with Crippen LogP contribution >= 0.6 is 22.9 Å². The molecule has 0 spiro atoms. The van der Waals surface area contributed by atoms with Crippen LogP contribution in [0.1, 0.15) is 5.69 Å². The van der Waals surface area contributed by atoms with Crippen molar-refractivity contribution in [3.05, 3.63) is 29.4 Å². The molecule has 2 aromatic rings. The first-order valence-corrected chi connectivity index (χ1v) is 6.17. The van der Waals surface area contributed by atoms with Crippen LogP contribution in [-0.2, 0) is 5.88 Å². The van der Waals surface area contributed by atoms with Gasteiger partial charge in [0.1, 0.15) is 0 Å². The number of thiazole rings is 1. The Balaban J connectivity index is 2.33. The van der Waals surface area contributed by atoms with Crippen LogP contribution in [0.25, 0.3) is 11.3 Å². The number of nitrogens with zero attached hydrogens (tertiary/aromatic N) is 3. The van der Waals surface area contributed by atoms with Gasteiger partial charge in [0.15, 0.2) is 5.96 Å². The number of hydrogen-bond donors (Lipinski definition) is 2. The Morgan fingerprint density at radius 3 is 3.00 bits per heavy atom. The molecule has 5 nitrogen and oxygen atoms in total. The van der Waals surface area contributed by atoms with Crippen LogP contribution in [-0.4, -0.2) is 15.9 Å². The smallest absolute Gasteiger partial charge is 0.212 e. The van der Waals surface area contributed by atoms with Gasteiger partial charge < -0.3 is 11.5 Å². The van der Waals surface area contributed by atoms with Gasteiger partial charge >= 0.3 is 0 Å². The number of guanidine groups is 1. The summed E-state index contributed by atoms with van der Waals surface area (Å²) in [5.41, 5.74) is 13.1. The summed E-state index contributed by atoms with van der Waals surface area (Å²) in [6.45, 7) is 0. The molecule has 0 aliphatic rings. The summed E-state index contributed by atoms with van der Waals surface area (Å²) in [7, 11) is 0. The molecule has 0 atom stereocenters. The SMILES string of the molecule is NC(N)=Nc1nc(-c2ccnc(CCl)c2)cs1. The number of aromatic nitrogens is 2. The maximum absolute atomic E-state index is 5.73. The highest BCUT2D eigenvalue weighted by molar-refractivity contribution is 7.13. The number of pyridine rings is 1.